The molecule has 0 spiro atoms. The van der Waals surface area contributed by atoms with Gasteiger partial charge in [0, 0.05) is 19.1 Å². The van der Waals surface area contributed by atoms with Gasteiger partial charge in [-0.2, -0.15) is 4.98 Å². The van der Waals surface area contributed by atoms with Crippen molar-refractivity contribution in [1.29, 1.82) is 0 Å². The van der Waals surface area contributed by atoms with Gasteiger partial charge in [-0.25, -0.2) is 0 Å². The van der Waals surface area contributed by atoms with Gasteiger partial charge in [-0.15, -0.1) is 0 Å². The largest absolute Gasteiger partial charge is 0.378 e. The molecule has 2 fully saturated rings. The van der Waals surface area contributed by atoms with Crippen LogP contribution in [0.1, 0.15) is 62.6 Å². The zero-order valence-electron chi connectivity index (χ0n) is 11.4. The summed E-state index contributed by atoms with van der Waals surface area (Å²) in [6.45, 7) is 0.864. The van der Waals surface area contributed by atoms with Gasteiger partial charge in [0.05, 0.1) is 12.0 Å². The first kappa shape index (κ1) is 13.1. The lowest BCUT2D eigenvalue weighted by Crippen LogP contribution is -2.31. The summed E-state index contributed by atoms with van der Waals surface area (Å²) in [7, 11) is 0. The van der Waals surface area contributed by atoms with E-state index in [-0.39, 0.29) is 18.1 Å². The van der Waals surface area contributed by atoms with E-state index in [4.69, 9.17) is 15.0 Å². The first-order valence-electron chi connectivity index (χ1n) is 7.52. The highest BCUT2D eigenvalue weighted by atomic mass is 16.5. The molecular weight excluding hydrogens is 242 g/mol. The molecule has 2 N–H and O–H groups in total. The molecule has 0 amide bonds. The van der Waals surface area contributed by atoms with Crippen molar-refractivity contribution in [3.63, 3.8) is 0 Å². The quantitative estimate of drug-likeness (QED) is 0.906. The summed E-state index contributed by atoms with van der Waals surface area (Å²) in [4.78, 5) is 4.54. The van der Waals surface area contributed by atoms with Gasteiger partial charge in [0.25, 0.3) is 0 Å². The number of hydrogen-bond acceptors (Lipinski definition) is 5. The molecule has 1 saturated carbocycles. The number of hydrogen-bond donors (Lipinski definition) is 1. The molecule has 1 aromatic heterocycles. The van der Waals surface area contributed by atoms with Crippen molar-refractivity contribution in [3.8, 4) is 0 Å². The summed E-state index contributed by atoms with van der Waals surface area (Å²) < 4.78 is 11.1. The molecule has 1 aliphatic heterocycles. The predicted octanol–water partition coefficient (Wildman–Crippen LogP) is 2.17. The maximum absolute atomic E-state index is 6.15. The molecule has 2 heterocycles. The van der Waals surface area contributed by atoms with Crippen molar-refractivity contribution < 1.29 is 9.26 Å². The van der Waals surface area contributed by atoms with Crippen LogP contribution in [0.3, 0.4) is 0 Å². The summed E-state index contributed by atoms with van der Waals surface area (Å²) in [6.07, 6.45) is 9.11. The molecule has 1 saturated heterocycles. The van der Waals surface area contributed by atoms with Gasteiger partial charge < -0.3 is 15.0 Å². The number of rotatable bonds is 3. The van der Waals surface area contributed by atoms with Crippen LogP contribution in [0.2, 0.25) is 0 Å². The number of nitrogens with zero attached hydrogens (tertiary/aromatic N) is 2. The van der Waals surface area contributed by atoms with Crippen LogP contribution in [0, 0.1) is 0 Å². The molecule has 1 aromatic rings. The standard InChI is InChI=1S/C14H23N3O2/c15-12-7-2-1-6-11(12)14-16-13(17-19-14)9-10-5-3-4-8-18-10/h10-12H,1-9,15H2. The Morgan fingerprint density at radius 2 is 1.95 bits per heavy atom. The molecule has 106 valence electrons. The highest BCUT2D eigenvalue weighted by Crippen LogP contribution is 2.31. The van der Waals surface area contributed by atoms with Crippen LogP contribution in [0.25, 0.3) is 0 Å². The Kier molecular flexibility index (Phi) is 4.13. The van der Waals surface area contributed by atoms with Crippen molar-refractivity contribution >= 4 is 0 Å². The molecule has 3 unspecified atom stereocenters. The highest BCUT2D eigenvalue weighted by Gasteiger charge is 2.28. The number of aromatic nitrogens is 2. The molecule has 5 heteroatoms. The van der Waals surface area contributed by atoms with E-state index in [2.05, 4.69) is 10.1 Å². The Labute approximate surface area is 113 Å². The molecule has 0 bridgehead atoms. The average molecular weight is 265 g/mol. The normalized spacial score (nSPS) is 32.4. The van der Waals surface area contributed by atoms with Gasteiger partial charge in [-0.05, 0) is 32.1 Å². The van der Waals surface area contributed by atoms with Gasteiger partial charge in [-0.3, -0.25) is 0 Å². The van der Waals surface area contributed by atoms with Crippen molar-refractivity contribution in [3.05, 3.63) is 11.7 Å². The zero-order valence-corrected chi connectivity index (χ0v) is 11.4. The molecule has 19 heavy (non-hydrogen) atoms. The third-order valence-corrected chi connectivity index (χ3v) is 4.30. The van der Waals surface area contributed by atoms with Gasteiger partial charge in [0.1, 0.15) is 0 Å². The Morgan fingerprint density at radius 1 is 1.11 bits per heavy atom. The molecule has 2 aliphatic rings. The summed E-state index contributed by atoms with van der Waals surface area (Å²) in [6, 6.07) is 0.174. The first-order chi connectivity index (χ1) is 9.33. The smallest absolute Gasteiger partial charge is 0.231 e. The summed E-state index contributed by atoms with van der Waals surface area (Å²) in [5.74, 6) is 1.76. The minimum absolute atomic E-state index is 0.174. The van der Waals surface area contributed by atoms with Crippen molar-refractivity contribution in [2.75, 3.05) is 6.61 Å². The van der Waals surface area contributed by atoms with E-state index < -0.39 is 0 Å². The van der Waals surface area contributed by atoms with E-state index in [0.717, 1.165) is 44.0 Å². The Hall–Kier alpha value is -0.940. The summed E-state index contributed by atoms with van der Waals surface area (Å²) in [5.41, 5.74) is 6.15. The van der Waals surface area contributed by atoms with Crippen LogP contribution in [-0.4, -0.2) is 28.9 Å². The third-order valence-electron chi connectivity index (χ3n) is 4.30. The van der Waals surface area contributed by atoms with Crippen molar-refractivity contribution in [2.24, 2.45) is 5.73 Å². The van der Waals surface area contributed by atoms with Crippen LogP contribution in [0.15, 0.2) is 4.52 Å². The Bertz CT molecular complexity index is 401. The fourth-order valence-electron chi connectivity index (χ4n) is 3.14. The fraction of sp³-hybridized carbons (Fsp3) is 0.857. The summed E-state index contributed by atoms with van der Waals surface area (Å²) >= 11 is 0. The maximum atomic E-state index is 6.15. The lowest BCUT2D eigenvalue weighted by Gasteiger charge is -2.25. The van der Waals surface area contributed by atoms with E-state index in [1.165, 1.54) is 25.7 Å². The number of ether oxygens (including phenoxy) is 1. The molecule has 3 rings (SSSR count). The van der Waals surface area contributed by atoms with E-state index in [1.807, 2.05) is 0 Å². The van der Waals surface area contributed by atoms with Crippen molar-refractivity contribution in [1.82, 2.24) is 10.1 Å². The van der Waals surface area contributed by atoms with Crippen LogP contribution in [0.5, 0.6) is 0 Å². The second-order valence-electron chi connectivity index (χ2n) is 5.80. The van der Waals surface area contributed by atoms with E-state index in [9.17, 15) is 0 Å². The molecular formula is C14H23N3O2. The molecule has 1 aliphatic carbocycles. The van der Waals surface area contributed by atoms with Gasteiger partial charge in [0.2, 0.25) is 5.89 Å². The van der Waals surface area contributed by atoms with Crippen LogP contribution >= 0.6 is 0 Å². The Balaban J connectivity index is 1.61. The Morgan fingerprint density at radius 3 is 2.74 bits per heavy atom. The van der Waals surface area contributed by atoms with E-state index >= 15 is 0 Å². The minimum atomic E-state index is 0.174. The topological polar surface area (TPSA) is 74.2 Å². The van der Waals surface area contributed by atoms with Crippen LogP contribution < -0.4 is 5.73 Å². The zero-order chi connectivity index (χ0) is 13.1. The van der Waals surface area contributed by atoms with Gasteiger partial charge in [-0.1, -0.05) is 18.0 Å². The van der Waals surface area contributed by atoms with E-state index in [0.29, 0.717) is 0 Å². The number of nitrogens with two attached hydrogens (primary N) is 1. The molecule has 0 aromatic carbocycles. The van der Waals surface area contributed by atoms with Crippen molar-refractivity contribution in [2.45, 2.75) is 69.4 Å². The van der Waals surface area contributed by atoms with E-state index in [1.54, 1.807) is 0 Å². The molecule has 5 nitrogen and oxygen atoms in total. The lowest BCUT2D eigenvalue weighted by atomic mass is 9.85. The lowest BCUT2D eigenvalue weighted by molar-refractivity contribution is 0.0153. The minimum Gasteiger partial charge on any atom is -0.378 e. The summed E-state index contributed by atoms with van der Waals surface area (Å²) in [5, 5.41) is 4.10. The van der Waals surface area contributed by atoms with Gasteiger partial charge in [0.15, 0.2) is 5.82 Å². The molecule has 0 radical (unpaired) electrons. The SMILES string of the molecule is NC1CCCCC1c1nc(CC2CCCCO2)no1. The second-order valence-corrected chi connectivity index (χ2v) is 5.80. The van der Waals surface area contributed by atoms with Crippen LogP contribution in [-0.2, 0) is 11.2 Å². The second kappa shape index (κ2) is 6.01. The predicted molar refractivity (Wildman–Crippen MR) is 70.8 cm³/mol. The third kappa shape index (κ3) is 3.15. The maximum Gasteiger partial charge on any atom is 0.231 e. The average Bonchev–Trinajstić information content (AvgIpc) is 2.89. The monoisotopic (exact) mass is 265 g/mol. The molecule has 3 atom stereocenters. The van der Waals surface area contributed by atoms with Gasteiger partial charge >= 0.3 is 0 Å². The highest BCUT2D eigenvalue weighted by molar-refractivity contribution is 5.01. The fourth-order valence-corrected chi connectivity index (χ4v) is 3.14. The first-order valence-corrected chi connectivity index (χ1v) is 7.52. The van der Waals surface area contributed by atoms with Crippen LogP contribution in [0.4, 0.5) is 0 Å².